The largest absolute Gasteiger partial charge is 0.457 e. The molecule has 3 aromatic rings. The monoisotopic (exact) mass is 390 g/mol. The van der Waals surface area contributed by atoms with Crippen LogP contribution in [0.4, 0.5) is 0 Å². The van der Waals surface area contributed by atoms with E-state index >= 15 is 0 Å². The number of nitrogens with one attached hydrogen (secondary N) is 1. The van der Waals surface area contributed by atoms with Gasteiger partial charge in [-0.2, -0.15) is 5.10 Å². The molecule has 0 saturated carbocycles. The summed E-state index contributed by atoms with van der Waals surface area (Å²) in [6.07, 6.45) is 2.92. The lowest BCUT2D eigenvalue weighted by Gasteiger charge is -2.18. The maximum absolute atomic E-state index is 12.2. The second-order valence-electron chi connectivity index (χ2n) is 7.46. The number of amides is 1. The van der Waals surface area contributed by atoms with E-state index in [1.54, 1.807) is 42.5 Å². The number of nitrogens with zero attached hydrogens (tertiary/aromatic N) is 1. The van der Waals surface area contributed by atoms with Crippen molar-refractivity contribution in [2.24, 2.45) is 5.10 Å². The number of carbonyl (C=O) groups excluding carboxylic acids is 2. The van der Waals surface area contributed by atoms with Gasteiger partial charge >= 0.3 is 5.97 Å². The standard InChI is InChI=1S/C23H22N2O4/c1-23(2,3)18-10-8-17(9-11-18)21(26)25-24-15-16-6-12-19(13-7-16)29-22(27)20-5-4-14-28-20/h4-15H,1-3H3,(H,25,26). The Bertz CT molecular complexity index is 997. The van der Waals surface area contributed by atoms with Crippen LogP contribution in [-0.2, 0) is 5.41 Å². The van der Waals surface area contributed by atoms with Gasteiger partial charge in [0.05, 0.1) is 12.5 Å². The first kappa shape index (κ1) is 20.1. The molecule has 0 aliphatic carbocycles. The quantitative estimate of drug-likeness (QED) is 0.300. The third kappa shape index (κ3) is 5.42. The van der Waals surface area contributed by atoms with Crippen molar-refractivity contribution in [1.82, 2.24) is 5.43 Å². The van der Waals surface area contributed by atoms with Crippen molar-refractivity contribution in [1.29, 1.82) is 0 Å². The molecule has 0 aliphatic heterocycles. The van der Waals surface area contributed by atoms with Crippen molar-refractivity contribution in [2.45, 2.75) is 26.2 Å². The van der Waals surface area contributed by atoms with Crippen molar-refractivity contribution in [3.63, 3.8) is 0 Å². The topological polar surface area (TPSA) is 80.9 Å². The highest BCUT2D eigenvalue weighted by atomic mass is 16.5. The van der Waals surface area contributed by atoms with Crippen LogP contribution >= 0.6 is 0 Å². The van der Waals surface area contributed by atoms with Crippen LogP contribution in [0, 0.1) is 0 Å². The molecule has 3 rings (SSSR count). The molecule has 1 amide bonds. The minimum absolute atomic E-state index is 0.0333. The van der Waals surface area contributed by atoms with Crippen molar-refractivity contribution in [2.75, 3.05) is 0 Å². The molecule has 0 bridgehead atoms. The van der Waals surface area contributed by atoms with Gasteiger partial charge in [-0.15, -0.1) is 0 Å². The fourth-order valence-electron chi connectivity index (χ4n) is 2.53. The smallest absolute Gasteiger partial charge is 0.379 e. The predicted octanol–water partition coefficient (Wildman–Crippen LogP) is 4.56. The van der Waals surface area contributed by atoms with Gasteiger partial charge < -0.3 is 9.15 Å². The lowest BCUT2D eigenvalue weighted by atomic mass is 9.87. The first-order chi connectivity index (χ1) is 13.8. The van der Waals surface area contributed by atoms with E-state index < -0.39 is 5.97 Å². The van der Waals surface area contributed by atoms with Crippen LogP contribution in [0.5, 0.6) is 5.75 Å². The molecule has 0 atom stereocenters. The number of ether oxygens (including phenoxy) is 1. The third-order valence-corrected chi connectivity index (χ3v) is 4.21. The zero-order valence-corrected chi connectivity index (χ0v) is 16.5. The molecular formula is C23H22N2O4. The van der Waals surface area contributed by atoms with E-state index in [1.165, 1.54) is 18.5 Å². The Kier molecular flexibility index (Phi) is 5.93. The van der Waals surface area contributed by atoms with Crippen molar-refractivity contribution >= 4 is 18.1 Å². The van der Waals surface area contributed by atoms with Crippen LogP contribution in [0.3, 0.4) is 0 Å². The predicted molar refractivity (Wildman–Crippen MR) is 110 cm³/mol. The number of benzene rings is 2. The van der Waals surface area contributed by atoms with Gasteiger partial charge in [-0.25, -0.2) is 10.2 Å². The number of furan rings is 1. The van der Waals surface area contributed by atoms with Gasteiger partial charge in [0.15, 0.2) is 0 Å². The Morgan fingerprint density at radius 2 is 1.69 bits per heavy atom. The van der Waals surface area contributed by atoms with E-state index in [2.05, 4.69) is 31.3 Å². The van der Waals surface area contributed by atoms with E-state index in [0.29, 0.717) is 11.3 Å². The Morgan fingerprint density at radius 3 is 2.28 bits per heavy atom. The third-order valence-electron chi connectivity index (χ3n) is 4.21. The first-order valence-corrected chi connectivity index (χ1v) is 9.12. The summed E-state index contributed by atoms with van der Waals surface area (Å²) in [6.45, 7) is 6.36. The van der Waals surface area contributed by atoms with E-state index in [0.717, 1.165) is 11.1 Å². The molecule has 0 aliphatic rings. The van der Waals surface area contributed by atoms with Crippen LogP contribution in [0.25, 0.3) is 0 Å². The molecule has 0 fully saturated rings. The molecule has 1 N–H and O–H groups in total. The fraction of sp³-hybridized carbons (Fsp3) is 0.174. The van der Waals surface area contributed by atoms with Crippen molar-refractivity contribution < 1.29 is 18.7 Å². The van der Waals surface area contributed by atoms with Gasteiger partial charge in [0.25, 0.3) is 5.91 Å². The highest BCUT2D eigenvalue weighted by Gasteiger charge is 2.14. The Hall–Kier alpha value is -3.67. The summed E-state index contributed by atoms with van der Waals surface area (Å²) in [7, 11) is 0. The number of hydrogen-bond donors (Lipinski definition) is 1. The van der Waals surface area contributed by atoms with Crippen molar-refractivity contribution in [3.05, 3.63) is 89.4 Å². The number of hydrazone groups is 1. The lowest BCUT2D eigenvalue weighted by molar-refractivity contribution is 0.0701. The van der Waals surface area contributed by atoms with Gasteiger partial charge in [0.2, 0.25) is 5.76 Å². The zero-order chi connectivity index (χ0) is 20.9. The first-order valence-electron chi connectivity index (χ1n) is 9.12. The fourth-order valence-corrected chi connectivity index (χ4v) is 2.53. The Balaban J connectivity index is 1.54. The van der Waals surface area contributed by atoms with E-state index in [1.807, 2.05) is 12.1 Å². The molecule has 6 heteroatoms. The van der Waals surface area contributed by atoms with E-state index in [9.17, 15) is 9.59 Å². The SMILES string of the molecule is CC(C)(C)c1ccc(C(=O)NN=Cc2ccc(OC(=O)c3ccco3)cc2)cc1. The minimum Gasteiger partial charge on any atom is -0.457 e. The van der Waals surface area contributed by atoms with Gasteiger partial charge in [0.1, 0.15) is 5.75 Å². The van der Waals surface area contributed by atoms with Crippen LogP contribution in [-0.4, -0.2) is 18.1 Å². The van der Waals surface area contributed by atoms with Gasteiger partial charge in [-0.1, -0.05) is 32.9 Å². The number of esters is 1. The summed E-state index contributed by atoms with van der Waals surface area (Å²) in [6, 6.07) is 17.3. The molecule has 0 spiro atoms. The zero-order valence-electron chi connectivity index (χ0n) is 16.5. The summed E-state index contributed by atoms with van der Waals surface area (Å²) < 4.78 is 10.2. The molecule has 0 saturated heterocycles. The Labute approximate surface area is 169 Å². The minimum atomic E-state index is -0.568. The van der Waals surface area contributed by atoms with Crippen LogP contribution < -0.4 is 10.2 Å². The van der Waals surface area contributed by atoms with Crippen LogP contribution in [0.15, 0.2) is 76.4 Å². The second-order valence-corrected chi connectivity index (χ2v) is 7.46. The normalized spacial score (nSPS) is 11.4. The molecule has 1 aromatic heterocycles. The lowest BCUT2D eigenvalue weighted by Crippen LogP contribution is -2.18. The van der Waals surface area contributed by atoms with Crippen LogP contribution in [0.1, 0.15) is 52.8 Å². The van der Waals surface area contributed by atoms with E-state index in [4.69, 9.17) is 9.15 Å². The average molecular weight is 390 g/mol. The summed E-state index contributed by atoms with van der Waals surface area (Å²) >= 11 is 0. The summed E-state index contributed by atoms with van der Waals surface area (Å²) in [4.78, 5) is 24.0. The highest BCUT2D eigenvalue weighted by Crippen LogP contribution is 2.22. The molecule has 29 heavy (non-hydrogen) atoms. The Morgan fingerprint density at radius 1 is 1.00 bits per heavy atom. The van der Waals surface area contributed by atoms with Crippen molar-refractivity contribution in [3.8, 4) is 5.75 Å². The summed E-state index contributed by atoms with van der Waals surface area (Å²) in [5, 5.41) is 3.97. The van der Waals surface area contributed by atoms with Gasteiger partial charge in [0, 0.05) is 5.56 Å². The van der Waals surface area contributed by atoms with Gasteiger partial charge in [-0.3, -0.25) is 4.79 Å². The maximum Gasteiger partial charge on any atom is 0.379 e. The highest BCUT2D eigenvalue weighted by molar-refractivity contribution is 5.95. The molecule has 0 unspecified atom stereocenters. The average Bonchev–Trinajstić information content (AvgIpc) is 3.24. The molecule has 0 radical (unpaired) electrons. The number of carbonyl (C=O) groups is 2. The van der Waals surface area contributed by atoms with Gasteiger partial charge in [-0.05, 0) is 65.1 Å². The molecule has 2 aromatic carbocycles. The second kappa shape index (κ2) is 8.56. The number of hydrogen-bond acceptors (Lipinski definition) is 5. The molecule has 1 heterocycles. The molecule has 148 valence electrons. The van der Waals surface area contributed by atoms with Crippen LogP contribution in [0.2, 0.25) is 0 Å². The number of rotatable bonds is 5. The maximum atomic E-state index is 12.2. The van der Waals surface area contributed by atoms with E-state index in [-0.39, 0.29) is 17.1 Å². The molecular weight excluding hydrogens is 368 g/mol. The summed E-state index contributed by atoms with van der Waals surface area (Å²) in [5.74, 6) is -0.340. The summed E-state index contributed by atoms with van der Waals surface area (Å²) in [5.41, 5.74) is 4.97. The molecule has 6 nitrogen and oxygen atoms in total.